The van der Waals surface area contributed by atoms with Crippen LogP contribution < -0.4 is 0 Å². The number of aromatic nitrogens is 4. The van der Waals surface area contributed by atoms with E-state index >= 15 is 0 Å². The fourth-order valence-electron chi connectivity index (χ4n) is 4.62. The molecule has 2 aromatic heterocycles. The zero-order valence-corrected chi connectivity index (χ0v) is 17.1. The van der Waals surface area contributed by atoms with Crippen molar-refractivity contribution >= 4 is 16.9 Å². The number of benzene rings is 1. The van der Waals surface area contributed by atoms with Crippen molar-refractivity contribution in [3.8, 4) is 5.95 Å². The van der Waals surface area contributed by atoms with Crippen LogP contribution in [0.4, 0.5) is 0 Å². The summed E-state index contributed by atoms with van der Waals surface area (Å²) in [6.45, 7) is 5.73. The maximum Gasteiger partial charge on any atom is 0.317 e. The Morgan fingerprint density at radius 2 is 2.00 bits per heavy atom. The summed E-state index contributed by atoms with van der Waals surface area (Å²) in [6, 6.07) is 8.62. The number of nitrogens with zero attached hydrogens (tertiary/aromatic N) is 6. The van der Waals surface area contributed by atoms with Gasteiger partial charge in [0.1, 0.15) is 0 Å². The van der Waals surface area contributed by atoms with Gasteiger partial charge in [0.05, 0.1) is 23.7 Å². The van der Waals surface area contributed by atoms with Crippen LogP contribution >= 0.6 is 0 Å². The minimum atomic E-state index is -0.749. The first-order valence-electron chi connectivity index (χ1n) is 10.6. The average Bonchev–Trinajstić information content (AvgIpc) is 3.32. The van der Waals surface area contributed by atoms with E-state index in [0.717, 1.165) is 62.0 Å². The lowest BCUT2D eigenvalue weighted by Gasteiger charge is -2.45. The maximum absolute atomic E-state index is 10.9. The molecule has 0 saturated carbocycles. The number of carboxylic acid groups (broad SMARTS) is 1. The van der Waals surface area contributed by atoms with Crippen LogP contribution in [-0.4, -0.2) is 79.6 Å². The van der Waals surface area contributed by atoms with E-state index in [1.165, 1.54) is 0 Å². The van der Waals surface area contributed by atoms with Gasteiger partial charge in [-0.15, -0.1) is 0 Å². The molecule has 0 spiro atoms. The van der Waals surface area contributed by atoms with Gasteiger partial charge in [0.25, 0.3) is 5.95 Å². The van der Waals surface area contributed by atoms with Gasteiger partial charge in [-0.3, -0.25) is 14.6 Å². The Labute approximate surface area is 174 Å². The van der Waals surface area contributed by atoms with Crippen LogP contribution in [0.5, 0.6) is 0 Å². The Morgan fingerprint density at radius 1 is 1.23 bits per heavy atom. The summed E-state index contributed by atoms with van der Waals surface area (Å²) in [5, 5.41) is 18.9. The minimum absolute atomic E-state index is 0.141. The van der Waals surface area contributed by atoms with Crippen molar-refractivity contribution < 1.29 is 14.4 Å². The summed E-state index contributed by atoms with van der Waals surface area (Å²) in [5.41, 5.74) is 2.02. The molecule has 158 valence electrons. The molecule has 0 aliphatic carbocycles. The zero-order chi connectivity index (χ0) is 20.7. The number of rotatable bonds is 6. The zero-order valence-electron chi connectivity index (χ0n) is 17.1. The first-order valence-corrected chi connectivity index (χ1v) is 10.6. The van der Waals surface area contributed by atoms with Gasteiger partial charge in [-0.25, -0.2) is 0 Å². The van der Waals surface area contributed by atoms with Gasteiger partial charge in [-0.05, 0) is 30.5 Å². The molecule has 2 aliphatic heterocycles. The molecule has 0 radical (unpaired) electrons. The highest BCUT2D eigenvalue weighted by atomic mass is 16.5. The van der Waals surface area contributed by atoms with E-state index < -0.39 is 5.97 Å². The molecule has 0 atom stereocenters. The molecule has 1 N–H and O–H groups in total. The highest BCUT2D eigenvalue weighted by Crippen LogP contribution is 2.31. The predicted molar refractivity (Wildman–Crippen MR) is 110 cm³/mol. The lowest BCUT2D eigenvalue weighted by Crippen LogP contribution is -2.54. The Balaban J connectivity index is 1.23. The number of hydrogen-bond donors (Lipinski definition) is 1. The van der Waals surface area contributed by atoms with Gasteiger partial charge >= 0.3 is 5.97 Å². The van der Waals surface area contributed by atoms with E-state index in [-0.39, 0.29) is 12.5 Å². The van der Waals surface area contributed by atoms with Crippen molar-refractivity contribution in [2.24, 2.45) is 0 Å². The fourth-order valence-corrected chi connectivity index (χ4v) is 4.62. The van der Waals surface area contributed by atoms with E-state index in [1.54, 1.807) is 4.68 Å². The topological polar surface area (TPSA) is 101 Å². The largest absolute Gasteiger partial charge is 0.480 e. The van der Waals surface area contributed by atoms with Crippen LogP contribution in [0.3, 0.4) is 0 Å². The summed E-state index contributed by atoms with van der Waals surface area (Å²) < 4.78 is 7.36. The third-order valence-corrected chi connectivity index (χ3v) is 6.31. The summed E-state index contributed by atoms with van der Waals surface area (Å²) in [4.78, 5) is 20.0. The molecule has 2 fully saturated rings. The number of carboxylic acids is 1. The number of hydrogen-bond acceptors (Lipinski definition) is 7. The van der Waals surface area contributed by atoms with Gasteiger partial charge < -0.3 is 9.63 Å². The Morgan fingerprint density at radius 3 is 2.73 bits per heavy atom. The minimum Gasteiger partial charge on any atom is -0.480 e. The smallest absolute Gasteiger partial charge is 0.317 e. The molecule has 4 heterocycles. The van der Waals surface area contributed by atoms with Crippen molar-refractivity contribution in [1.29, 1.82) is 0 Å². The maximum atomic E-state index is 10.9. The average molecular weight is 410 g/mol. The fraction of sp³-hybridized carbons (Fsp3) is 0.524. The predicted octanol–water partition coefficient (Wildman–Crippen LogP) is 1.92. The number of aliphatic carboxylic acids is 1. The van der Waals surface area contributed by atoms with Crippen molar-refractivity contribution in [3.05, 3.63) is 35.9 Å². The van der Waals surface area contributed by atoms with Gasteiger partial charge in [0.15, 0.2) is 0 Å². The van der Waals surface area contributed by atoms with E-state index in [0.29, 0.717) is 17.9 Å². The number of aryl methyl sites for hydroxylation is 1. The quantitative estimate of drug-likeness (QED) is 0.658. The molecule has 2 saturated heterocycles. The standard InChI is InChI=1S/C21H26N6O3/c1-2-17-16-5-3-4-6-18(16)27(23-17)21-22-20(30-24-21)14-11-26(12-14)15-7-9-25(10-8-15)13-19(28)29/h3-6,14-15H,2,7-13H2,1H3,(H,28,29). The van der Waals surface area contributed by atoms with E-state index in [1.807, 2.05) is 23.1 Å². The second-order valence-electron chi connectivity index (χ2n) is 8.21. The molecule has 5 rings (SSSR count). The first-order chi connectivity index (χ1) is 14.6. The van der Waals surface area contributed by atoms with Gasteiger partial charge in [0, 0.05) is 37.6 Å². The van der Waals surface area contributed by atoms with Crippen LogP contribution in [-0.2, 0) is 11.2 Å². The van der Waals surface area contributed by atoms with Crippen LogP contribution in [0.25, 0.3) is 16.9 Å². The molecule has 1 aromatic carbocycles. The number of likely N-dealkylation sites (tertiary alicyclic amines) is 2. The second-order valence-corrected chi connectivity index (χ2v) is 8.21. The Hall–Kier alpha value is -2.78. The molecule has 3 aromatic rings. The summed E-state index contributed by atoms with van der Waals surface area (Å²) in [6.07, 6.45) is 2.86. The highest BCUT2D eigenvalue weighted by molar-refractivity contribution is 5.83. The molecule has 0 bridgehead atoms. The number of piperidine rings is 1. The SMILES string of the molecule is CCc1nn(-c2noc(C3CN(C4CCN(CC(=O)O)CC4)C3)n2)c2ccccc12. The lowest BCUT2D eigenvalue weighted by molar-refractivity contribution is -0.138. The molecular formula is C21H26N6O3. The lowest BCUT2D eigenvalue weighted by atomic mass is 9.93. The van der Waals surface area contributed by atoms with Crippen LogP contribution in [0, 0.1) is 0 Å². The molecule has 9 heteroatoms. The van der Waals surface area contributed by atoms with Gasteiger partial charge in [-0.2, -0.15) is 14.8 Å². The van der Waals surface area contributed by atoms with Gasteiger partial charge in [-0.1, -0.05) is 25.1 Å². The molecule has 0 unspecified atom stereocenters. The number of para-hydroxylation sites is 1. The van der Waals surface area contributed by atoms with Crippen LogP contribution in [0.15, 0.2) is 28.8 Å². The van der Waals surface area contributed by atoms with Crippen molar-refractivity contribution in [1.82, 2.24) is 29.7 Å². The van der Waals surface area contributed by atoms with Crippen molar-refractivity contribution in [2.45, 2.75) is 38.1 Å². The van der Waals surface area contributed by atoms with Crippen LogP contribution in [0.1, 0.15) is 37.3 Å². The first kappa shape index (κ1) is 19.2. The second kappa shape index (κ2) is 7.81. The monoisotopic (exact) mass is 410 g/mol. The van der Waals surface area contributed by atoms with E-state index in [2.05, 4.69) is 33.1 Å². The molecule has 30 heavy (non-hydrogen) atoms. The Kier molecular flexibility index (Phi) is 5.00. The van der Waals surface area contributed by atoms with E-state index in [9.17, 15) is 4.79 Å². The van der Waals surface area contributed by atoms with Crippen molar-refractivity contribution in [2.75, 3.05) is 32.7 Å². The van der Waals surface area contributed by atoms with E-state index in [4.69, 9.17) is 9.63 Å². The number of carbonyl (C=O) groups is 1. The highest BCUT2D eigenvalue weighted by Gasteiger charge is 2.38. The molecule has 9 nitrogen and oxygen atoms in total. The van der Waals surface area contributed by atoms with Gasteiger partial charge in [0.2, 0.25) is 5.89 Å². The summed E-state index contributed by atoms with van der Waals surface area (Å²) in [5.74, 6) is 0.653. The number of fused-ring (bicyclic) bond motifs is 1. The summed E-state index contributed by atoms with van der Waals surface area (Å²) in [7, 11) is 0. The molecule has 2 aliphatic rings. The third-order valence-electron chi connectivity index (χ3n) is 6.31. The molecular weight excluding hydrogens is 384 g/mol. The Bertz CT molecular complexity index is 1050. The normalized spacial score (nSPS) is 19.4. The molecule has 0 amide bonds. The summed E-state index contributed by atoms with van der Waals surface area (Å²) >= 11 is 0. The third kappa shape index (κ3) is 3.48. The van der Waals surface area contributed by atoms with Crippen LogP contribution in [0.2, 0.25) is 0 Å². The van der Waals surface area contributed by atoms with Crippen molar-refractivity contribution in [3.63, 3.8) is 0 Å².